The average Bonchev–Trinajstić information content (AvgIpc) is 3.10. The minimum absolute atomic E-state index is 0.0450. The Morgan fingerprint density at radius 2 is 2.23 bits per heavy atom. The van der Waals surface area contributed by atoms with E-state index in [2.05, 4.69) is 10.5 Å². The Kier molecular flexibility index (Phi) is 3.72. The molecule has 1 N–H and O–H groups in total. The second-order valence-corrected chi connectivity index (χ2v) is 6.14. The summed E-state index contributed by atoms with van der Waals surface area (Å²) in [6, 6.07) is 6.59. The smallest absolute Gasteiger partial charge is 0.257 e. The fraction of sp³-hybridized carbons (Fsp3) is 0.412. The molecule has 1 aromatic carbocycles. The quantitative estimate of drug-likeness (QED) is 0.940. The molecular weight excluding hydrogens is 283 g/mol. The maximum absolute atomic E-state index is 13.3. The van der Waals surface area contributed by atoms with E-state index >= 15 is 0 Å². The van der Waals surface area contributed by atoms with Gasteiger partial charge in [-0.1, -0.05) is 31.1 Å². The molecule has 0 saturated heterocycles. The molecule has 1 aliphatic rings. The van der Waals surface area contributed by atoms with Crippen molar-refractivity contribution in [1.82, 2.24) is 10.5 Å². The van der Waals surface area contributed by atoms with Crippen molar-refractivity contribution in [2.45, 2.75) is 45.1 Å². The monoisotopic (exact) mass is 302 g/mol. The Morgan fingerprint density at radius 1 is 1.45 bits per heavy atom. The molecule has 5 heteroatoms. The van der Waals surface area contributed by atoms with E-state index in [1.807, 2.05) is 19.9 Å². The van der Waals surface area contributed by atoms with Crippen LogP contribution >= 0.6 is 0 Å². The van der Waals surface area contributed by atoms with Gasteiger partial charge in [-0.25, -0.2) is 4.39 Å². The van der Waals surface area contributed by atoms with Crippen molar-refractivity contribution in [3.63, 3.8) is 0 Å². The molecule has 3 rings (SSSR count). The lowest BCUT2D eigenvalue weighted by Gasteiger charge is -2.07. The predicted octanol–water partition coefficient (Wildman–Crippen LogP) is 3.53. The summed E-state index contributed by atoms with van der Waals surface area (Å²) >= 11 is 0. The molecule has 1 aromatic heterocycles. The highest BCUT2D eigenvalue weighted by Crippen LogP contribution is 2.41. The fourth-order valence-electron chi connectivity index (χ4n) is 2.76. The Hall–Kier alpha value is -2.17. The molecule has 0 bridgehead atoms. The summed E-state index contributed by atoms with van der Waals surface area (Å²) in [7, 11) is 0. The van der Waals surface area contributed by atoms with Gasteiger partial charge in [0, 0.05) is 17.9 Å². The lowest BCUT2D eigenvalue weighted by Crippen LogP contribution is -2.27. The van der Waals surface area contributed by atoms with Crippen LogP contribution in [0.3, 0.4) is 0 Å². The largest absolute Gasteiger partial charge is 0.360 e. The van der Waals surface area contributed by atoms with Crippen molar-refractivity contribution >= 4 is 5.91 Å². The third-order valence-electron chi connectivity index (χ3n) is 4.02. The number of aromatic nitrogens is 1. The lowest BCUT2D eigenvalue weighted by molar-refractivity contribution is 0.0947. The Bertz CT molecular complexity index is 708. The van der Waals surface area contributed by atoms with Crippen molar-refractivity contribution in [1.29, 1.82) is 0 Å². The fourth-order valence-corrected chi connectivity index (χ4v) is 2.76. The van der Waals surface area contributed by atoms with Gasteiger partial charge < -0.3 is 9.84 Å². The number of aryl methyl sites for hydroxylation is 1. The normalized spacial score (nSPS) is 20.2. The zero-order chi connectivity index (χ0) is 15.9. The van der Waals surface area contributed by atoms with E-state index in [9.17, 15) is 9.18 Å². The first-order valence-corrected chi connectivity index (χ1v) is 7.50. The molecule has 1 heterocycles. The van der Waals surface area contributed by atoms with E-state index in [0.717, 1.165) is 12.0 Å². The van der Waals surface area contributed by atoms with Gasteiger partial charge >= 0.3 is 0 Å². The van der Waals surface area contributed by atoms with Crippen molar-refractivity contribution in [3.05, 3.63) is 52.7 Å². The van der Waals surface area contributed by atoms with E-state index in [1.54, 1.807) is 13.0 Å². The summed E-state index contributed by atoms with van der Waals surface area (Å²) in [6.45, 7) is 5.69. The van der Waals surface area contributed by atoms with Crippen LogP contribution in [0.5, 0.6) is 0 Å². The zero-order valence-corrected chi connectivity index (χ0v) is 12.9. The van der Waals surface area contributed by atoms with Crippen molar-refractivity contribution in [3.8, 4) is 0 Å². The summed E-state index contributed by atoms with van der Waals surface area (Å²) in [6.07, 6.45) is 0.830. The van der Waals surface area contributed by atoms with Crippen molar-refractivity contribution < 1.29 is 13.7 Å². The summed E-state index contributed by atoms with van der Waals surface area (Å²) in [5.41, 5.74) is 2.06. The van der Waals surface area contributed by atoms with Gasteiger partial charge in [0.25, 0.3) is 5.91 Å². The van der Waals surface area contributed by atoms with E-state index in [4.69, 9.17) is 4.52 Å². The molecule has 22 heavy (non-hydrogen) atoms. The number of hydrogen-bond donors (Lipinski definition) is 1. The van der Waals surface area contributed by atoms with Crippen LogP contribution in [0.25, 0.3) is 0 Å². The average molecular weight is 302 g/mol. The Morgan fingerprint density at radius 3 is 2.91 bits per heavy atom. The third kappa shape index (κ3) is 2.75. The summed E-state index contributed by atoms with van der Waals surface area (Å²) in [5, 5.41) is 6.89. The first kappa shape index (κ1) is 14.8. The lowest BCUT2D eigenvalue weighted by atomic mass is 10.0. The Labute approximate surface area is 128 Å². The predicted molar refractivity (Wildman–Crippen MR) is 80.3 cm³/mol. The Balaban J connectivity index is 1.71. The summed E-state index contributed by atoms with van der Waals surface area (Å²) < 4.78 is 18.5. The van der Waals surface area contributed by atoms with Gasteiger partial charge in [0.2, 0.25) is 0 Å². The van der Waals surface area contributed by atoms with Gasteiger partial charge in [0.05, 0.1) is 5.69 Å². The van der Waals surface area contributed by atoms with Gasteiger partial charge in [-0.3, -0.25) is 4.79 Å². The minimum Gasteiger partial charge on any atom is -0.360 e. The van der Waals surface area contributed by atoms with Gasteiger partial charge in [0.15, 0.2) is 5.76 Å². The van der Waals surface area contributed by atoms with Crippen LogP contribution in [-0.2, 0) is 0 Å². The molecule has 0 unspecified atom stereocenters. The third-order valence-corrected chi connectivity index (χ3v) is 4.02. The summed E-state index contributed by atoms with van der Waals surface area (Å²) in [5.74, 6) is 0.484. The van der Waals surface area contributed by atoms with Crippen LogP contribution in [0.4, 0.5) is 4.39 Å². The highest BCUT2D eigenvalue weighted by atomic mass is 19.1. The number of carbonyl (C=O) groups excluding carboxylic acids is 1. The van der Waals surface area contributed by atoms with Crippen LogP contribution in [0.15, 0.2) is 28.8 Å². The van der Waals surface area contributed by atoms with Gasteiger partial charge in [-0.05, 0) is 31.0 Å². The van der Waals surface area contributed by atoms with E-state index < -0.39 is 0 Å². The minimum atomic E-state index is -0.244. The van der Waals surface area contributed by atoms with Crippen LogP contribution in [0, 0.1) is 12.7 Å². The molecule has 2 atom stereocenters. The highest BCUT2D eigenvalue weighted by molar-refractivity contribution is 5.96. The van der Waals surface area contributed by atoms with E-state index in [0.29, 0.717) is 17.0 Å². The second kappa shape index (κ2) is 5.55. The van der Waals surface area contributed by atoms with E-state index in [1.165, 1.54) is 12.1 Å². The first-order valence-electron chi connectivity index (χ1n) is 7.50. The van der Waals surface area contributed by atoms with Crippen molar-refractivity contribution in [2.75, 3.05) is 0 Å². The number of nitrogens with one attached hydrogen (secondary N) is 1. The molecule has 116 valence electrons. The van der Waals surface area contributed by atoms with Gasteiger partial charge in [-0.15, -0.1) is 0 Å². The maximum Gasteiger partial charge on any atom is 0.257 e. The second-order valence-electron chi connectivity index (χ2n) is 6.14. The number of halogens is 1. The molecule has 4 nitrogen and oxygen atoms in total. The van der Waals surface area contributed by atoms with E-state index in [-0.39, 0.29) is 29.6 Å². The highest BCUT2D eigenvalue weighted by Gasteiger charge is 2.40. The number of hydrogen-bond acceptors (Lipinski definition) is 3. The number of nitrogens with zero attached hydrogens (tertiary/aromatic N) is 1. The van der Waals surface area contributed by atoms with Crippen LogP contribution in [-0.4, -0.2) is 17.1 Å². The molecule has 1 saturated carbocycles. The molecule has 0 aliphatic heterocycles. The molecule has 0 radical (unpaired) electrons. The first-order chi connectivity index (χ1) is 10.5. The summed E-state index contributed by atoms with van der Waals surface area (Å²) in [4.78, 5) is 12.5. The molecule has 2 aromatic rings. The number of amides is 1. The number of carbonyl (C=O) groups is 1. The van der Waals surface area contributed by atoms with Crippen LogP contribution in [0.1, 0.15) is 59.5 Å². The molecule has 1 fully saturated rings. The number of benzene rings is 1. The van der Waals surface area contributed by atoms with Crippen LogP contribution in [0.2, 0.25) is 0 Å². The number of rotatable bonds is 4. The van der Waals surface area contributed by atoms with Crippen molar-refractivity contribution in [2.24, 2.45) is 0 Å². The standard InChI is InChI=1S/C17H19FN2O2/c1-9(2)16-15(10(3)20-22-16)17(21)19-14-8-13(14)11-5-4-6-12(18)7-11/h4-7,9,13-14H,8H2,1-3H3,(H,19,21)/t13-,14-/m1/s1. The molecular formula is C17H19FN2O2. The molecule has 0 spiro atoms. The SMILES string of the molecule is Cc1noc(C(C)C)c1C(=O)N[C@@H]1C[C@@H]1c1cccc(F)c1. The zero-order valence-electron chi connectivity index (χ0n) is 12.9. The topological polar surface area (TPSA) is 55.1 Å². The molecule has 1 amide bonds. The molecule has 1 aliphatic carbocycles. The van der Waals surface area contributed by atoms with Gasteiger partial charge in [-0.2, -0.15) is 0 Å². The maximum atomic E-state index is 13.3. The van der Waals surface area contributed by atoms with Gasteiger partial charge in [0.1, 0.15) is 11.4 Å². The van der Waals surface area contributed by atoms with Crippen LogP contribution < -0.4 is 5.32 Å².